The zero-order chi connectivity index (χ0) is 25.0. The Bertz CT molecular complexity index is 1040. The molecule has 5 nitrogen and oxygen atoms in total. The van der Waals surface area contributed by atoms with E-state index in [2.05, 4.69) is 57.8 Å². The van der Waals surface area contributed by atoms with Crippen LogP contribution in [-0.2, 0) is 17.8 Å². The van der Waals surface area contributed by atoms with Crippen molar-refractivity contribution in [2.75, 3.05) is 24.5 Å². The van der Waals surface area contributed by atoms with E-state index in [1.165, 1.54) is 14.7 Å². The summed E-state index contributed by atoms with van der Waals surface area (Å²) in [6.45, 7) is 8.96. The molecule has 0 bridgehead atoms. The highest BCUT2D eigenvalue weighted by molar-refractivity contribution is 14.1. The van der Waals surface area contributed by atoms with E-state index in [4.69, 9.17) is 21.1 Å². The van der Waals surface area contributed by atoms with Gasteiger partial charge in [0, 0.05) is 28.2 Å². The van der Waals surface area contributed by atoms with Gasteiger partial charge in [0.2, 0.25) is 0 Å². The molecule has 0 aliphatic carbocycles. The van der Waals surface area contributed by atoms with Crippen molar-refractivity contribution in [3.8, 4) is 5.75 Å². The van der Waals surface area contributed by atoms with Crippen molar-refractivity contribution in [1.29, 1.82) is 0 Å². The second kappa shape index (κ2) is 11.6. The largest absolute Gasteiger partial charge is 0.487 e. The molecule has 2 aromatic rings. The number of rotatable bonds is 4. The monoisotopic (exact) mass is 610 g/mol. The first kappa shape index (κ1) is 26.4. The van der Waals surface area contributed by atoms with E-state index in [0.29, 0.717) is 6.61 Å². The summed E-state index contributed by atoms with van der Waals surface area (Å²) in [7, 11) is 0. The quantitative estimate of drug-likeness (QED) is 0.337. The molecule has 2 aliphatic heterocycles. The SMILES string of the molecule is CCC(C)(C)OC(=O)N1CCC[C@H]1CN1CCCCc2cc(Cl)ccc2COc2ccc(I)cc21. The maximum Gasteiger partial charge on any atom is 0.410 e. The minimum Gasteiger partial charge on any atom is -0.487 e. The predicted molar refractivity (Wildman–Crippen MR) is 151 cm³/mol. The number of halogens is 2. The van der Waals surface area contributed by atoms with Gasteiger partial charge in [-0.2, -0.15) is 0 Å². The van der Waals surface area contributed by atoms with E-state index in [9.17, 15) is 4.79 Å². The summed E-state index contributed by atoms with van der Waals surface area (Å²) in [6.07, 6.45) is 5.70. The Morgan fingerprint density at radius 2 is 1.97 bits per heavy atom. The first-order valence-corrected chi connectivity index (χ1v) is 14.2. The number of hydrogen-bond donors (Lipinski definition) is 0. The number of amides is 1. The molecule has 2 aliphatic rings. The van der Waals surface area contributed by atoms with Gasteiger partial charge in [0.25, 0.3) is 0 Å². The molecule has 1 fully saturated rings. The lowest BCUT2D eigenvalue weighted by atomic mass is 10.0. The van der Waals surface area contributed by atoms with Crippen LogP contribution in [0.2, 0.25) is 5.02 Å². The van der Waals surface area contributed by atoms with Crippen LogP contribution in [0.15, 0.2) is 36.4 Å². The molecule has 0 N–H and O–H groups in total. The summed E-state index contributed by atoms with van der Waals surface area (Å²) in [6, 6.07) is 12.6. The maximum atomic E-state index is 13.0. The number of ether oxygens (including phenoxy) is 2. The number of nitrogens with zero attached hydrogens (tertiary/aromatic N) is 2. The van der Waals surface area contributed by atoms with E-state index in [0.717, 1.165) is 74.6 Å². The van der Waals surface area contributed by atoms with Gasteiger partial charge in [-0.15, -0.1) is 0 Å². The van der Waals surface area contributed by atoms with E-state index >= 15 is 0 Å². The normalized spacial score (nSPS) is 18.8. The Morgan fingerprint density at radius 1 is 1.14 bits per heavy atom. The van der Waals surface area contributed by atoms with E-state index in [1.54, 1.807) is 0 Å². The third-order valence-corrected chi connectivity index (χ3v) is 8.10. The van der Waals surface area contributed by atoms with Gasteiger partial charge in [0.05, 0.1) is 11.7 Å². The van der Waals surface area contributed by atoms with Crippen LogP contribution in [-0.4, -0.2) is 42.3 Å². The highest BCUT2D eigenvalue weighted by atomic mass is 127. The first-order valence-electron chi connectivity index (χ1n) is 12.7. The van der Waals surface area contributed by atoms with Gasteiger partial charge in [-0.25, -0.2) is 4.79 Å². The molecule has 0 unspecified atom stereocenters. The molecule has 1 amide bonds. The topological polar surface area (TPSA) is 42.0 Å². The van der Waals surface area contributed by atoms with Gasteiger partial charge in [0.15, 0.2) is 0 Å². The van der Waals surface area contributed by atoms with Crippen LogP contribution in [0.25, 0.3) is 0 Å². The van der Waals surface area contributed by atoms with Crippen LogP contribution in [0.1, 0.15) is 64.0 Å². The molecule has 7 heteroatoms. The fourth-order valence-corrected chi connectivity index (χ4v) is 5.47. The van der Waals surface area contributed by atoms with Gasteiger partial charge < -0.3 is 19.3 Å². The van der Waals surface area contributed by atoms with Gasteiger partial charge >= 0.3 is 6.09 Å². The molecule has 0 radical (unpaired) electrons. The number of likely N-dealkylation sites (tertiary alicyclic amines) is 1. The molecule has 0 saturated carbocycles. The third-order valence-electron chi connectivity index (χ3n) is 7.20. The second-order valence-corrected chi connectivity index (χ2v) is 11.9. The molecule has 1 saturated heterocycles. The fraction of sp³-hybridized carbons (Fsp3) is 0.536. The molecule has 0 aromatic heterocycles. The summed E-state index contributed by atoms with van der Waals surface area (Å²) in [4.78, 5) is 17.4. The van der Waals surface area contributed by atoms with Gasteiger partial charge in [-0.3, -0.25) is 0 Å². The second-order valence-electron chi connectivity index (χ2n) is 10.2. The third kappa shape index (κ3) is 6.76. The Morgan fingerprint density at radius 3 is 2.77 bits per heavy atom. The average molecular weight is 611 g/mol. The Labute approximate surface area is 228 Å². The molecular formula is C28H36ClIN2O3. The lowest BCUT2D eigenvalue weighted by Crippen LogP contribution is -2.46. The minimum atomic E-state index is -0.451. The molecule has 190 valence electrons. The molecule has 0 spiro atoms. The Hall–Kier alpha value is -1.67. The highest BCUT2D eigenvalue weighted by Gasteiger charge is 2.34. The van der Waals surface area contributed by atoms with Gasteiger partial charge in [-0.1, -0.05) is 24.6 Å². The molecule has 2 aromatic carbocycles. The van der Waals surface area contributed by atoms with Crippen molar-refractivity contribution in [2.45, 2.75) is 77.5 Å². The number of aryl methyl sites for hydroxylation is 1. The van der Waals surface area contributed by atoms with Crippen LogP contribution in [0, 0.1) is 3.57 Å². The lowest BCUT2D eigenvalue weighted by molar-refractivity contribution is 0.00971. The lowest BCUT2D eigenvalue weighted by Gasteiger charge is -2.34. The van der Waals surface area contributed by atoms with Crippen molar-refractivity contribution in [1.82, 2.24) is 4.90 Å². The Kier molecular flexibility index (Phi) is 8.74. The summed E-state index contributed by atoms with van der Waals surface area (Å²) < 4.78 is 13.4. The number of fused-ring (bicyclic) bond motifs is 2. The fourth-order valence-electron chi connectivity index (χ4n) is 4.80. The summed E-state index contributed by atoms with van der Waals surface area (Å²) in [5.41, 5.74) is 3.11. The van der Waals surface area contributed by atoms with Crippen molar-refractivity contribution in [2.24, 2.45) is 0 Å². The van der Waals surface area contributed by atoms with Crippen molar-refractivity contribution >= 4 is 46.0 Å². The van der Waals surface area contributed by atoms with Crippen LogP contribution in [0.3, 0.4) is 0 Å². The maximum absolute atomic E-state index is 13.0. The molecule has 35 heavy (non-hydrogen) atoms. The summed E-state index contributed by atoms with van der Waals surface area (Å²) >= 11 is 8.65. The number of carbonyl (C=O) groups excluding carboxylic acids is 1. The van der Waals surface area contributed by atoms with Gasteiger partial charge in [0.1, 0.15) is 18.0 Å². The first-order chi connectivity index (χ1) is 16.8. The van der Waals surface area contributed by atoms with Crippen molar-refractivity contribution < 1.29 is 14.3 Å². The van der Waals surface area contributed by atoms with Crippen LogP contribution >= 0.6 is 34.2 Å². The average Bonchev–Trinajstić information content (AvgIpc) is 3.28. The Balaban J connectivity index is 1.57. The molecular weight excluding hydrogens is 575 g/mol. The molecule has 2 heterocycles. The smallest absolute Gasteiger partial charge is 0.410 e. The van der Waals surface area contributed by atoms with E-state index in [1.807, 2.05) is 31.7 Å². The van der Waals surface area contributed by atoms with Crippen molar-refractivity contribution in [3.05, 3.63) is 56.1 Å². The highest BCUT2D eigenvalue weighted by Crippen LogP contribution is 2.34. The van der Waals surface area contributed by atoms with Crippen LogP contribution < -0.4 is 9.64 Å². The zero-order valence-electron chi connectivity index (χ0n) is 21.0. The number of anilines is 1. The van der Waals surface area contributed by atoms with Crippen LogP contribution in [0.4, 0.5) is 10.5 Å². The molecule has 4 rings (SSSR count). The van der Waals surface area contributed by atoms with E-state index < -0.39 is 5.60 Å². The number of benzene rings is 2. The summed E-state index contributed by atoms with van der Waals surface area (Å²) in [5, 5.41) is 0.773. The standard InChI is InChI=1S/C28H36ClIN2O3/c1-4-28(2,3)35-27(33)32-15-7-9-24(32)18-31-14-6-5-8-20-16-22(29)11-10-21(20)19-34-26-13-12-23(30)17-25(26)31/h10-13,16-17,24H,4-9,14-15,18-19H2,1-3H3/t24-/m0/s1. The summed E-state index contributed by atoms with van der Waals surface area (Å²) in [5.74, 6) is 0.882. The van der Waals surface area contributed by atoms with E-state index in [-0.39, 0.29) is 12.1 Å². The minimum absolute atomic E-state index is 0.127. The van der Waals surface area contributed by atoms with Crippen LogP contribution in [0.5, 0.6) is 5.75 Å². The zero-order valence-corrected chi connectivity index (χ0v) is 23.9. The van der Waals surface area contributed by atoms with Gasteiger partial charge in [-0.05, 0) is 116 Å². The number of carbonyl (C=O) groups is 1. The number of hydrogen-bond acceptors (Lipinski definition) is 4. The van der Waals surface area contributed by atoms with Crippen molar-refractivity contribution in [3.63, 3.8) is 0 Å². The molecule has 1 atom stereocenters. The predicted octanol–water partition coefficient (Wildman–Crippen LogP) is 7.46.